The van der Waals surface area contributed by atoms with Gasteiger partial charge >= 0.3 is 0 Å². The highest BCUT2D eigenvalue weighted by Crippen LogP contribution is 2.20. The first-order valence-corrected chi connectivity index (χ1v) is 6.32. The van der Waals surface area contributed by atoms with Gasteiger partial charge in [0, 0.05) is 11.8 Å². The molecule has 0 bridgehead atoms. The first kappa shape index (κ1) is 12.2. The van der Waals surface area contributed by atoms with Gasteiger partial charge in [-0.2, -0.15) is 5.26 Å². The number of nitrogens with zero attached hydrogens (tertiary/aromatic N) is 2. The number of benzene rings is 1. The standard InChI is InChI=1S/C17H12N2O/c1-12-7-8-15-14(10-18)9-16(19(15)11-12)17(20)13-5-3-2-4-6-13/h2-9,11H,1H3. The van der Waals surface area contributed by atoms with Crippen molar-refractivity contribution >= 4 is 11.3 Å². The molecule has 0 saturated carbocycles. The summed E-state index contributed by atoms with van der Waals surface area (Å²) in [6.07, 6.45) is 1.88. The molecule has 3 aromatic rings. The molecule has 0 unspecified atom stereocenters. The zero-order valence-corrected chi connectivity index (χ0v) is 11.0. The molecule has 0 aliphatic carbocycles. The Balaban J connectivity index is 2.24. The van der Waals surface area contributed by atoms with Crippen LogP contribution in [-0.2, 0) is 0 Å². The number of carbonyl (C=O) groups excluding carboxylic acids is 1. The van der Waals surface area contributed by atoms with Gasteiger partial charge in [-0.1, -0.05) is 36.4 Å². The molecule has 20 heavy (non-hydrogen) atoms. The second-order valence-corrected chi connectivity index (χ2v) is 4.71. The Bertz CT molecular complexity index is 839. The van der Waals surface area contributed by atoms with Crippen molar-refractivity contribution in [3.8, 4) is 6.07 Å². The van der Waals surface area contributed by atoms with Crippen molar-refractivity contribution in [1.82, 2.24) is 4.40 Å². The number of ketones is 1. The number of rotatable bonds is 2. The van der Waals surface area contributed by atoms with Crippen molar-refractivity contribution in [3.05, 3.63) is 77.1 Å². The Labute approximate surface area is 116 Å². The van der Waals surface area contributed by atoms with Gasteiger partial charge in [0.15, 0.2) is 0 Å². The Hall–Kier alpha value is -2.86. The van der Waals surface area contributed by atoms with Gasteiger partial charge in [-0.3, -0.25) is 4.79 Å². The van der Waals surface area contributed by atoms with E-state index in [1.807, 2.05) is 43.5 Å². The summed E-state index contributed by atoms with van der Waals surface area (Å²) >= 11 is 0. The van der Waals surface area contributed by atoms with E-state index in [9.17, 15) is 10.1 Å². The van der Waals surface area contributed by atoms with E-state index < -0.39 is 0 Å². The van der Waals surface area contributed by atoms with Crippen LogP contribution in [0.1, 0.15) is 27.2 Å². The third-order valence-electron chi connectivity index (χ3n) is 3.30. The summed E-state index contributed by atoms with van der Waals surface area (Å²) in [7, 11) is 0. The number of nitriles is 1. The smallest absolute Gasteiger partial charge is 0.209 e. The molecule has 3 heteroatoms. The summed E-state index contributed by atoms with van der Waals surface area (Å²) in [5.74, 6) is -0.0762. The lowest BCUT2D eigenvalue weighted by molar-refractivity contribution is 0.103. The van der Waals surface area contributed by atoms with Crippen LogP contribution in [0.25, 0.3) is 5.52 Å². The van der Waals surface area contributed by atoms with Gasteiger partial charge in [-0.25, -0.2) is 0 Å². The molecule has 96 valence electrons. The molecule has 0 radical (unpaired) electrons. The van der Waals surface area contributed by atoms with Gasteiger partial charge in [0.2, 0.25) is 5.78 Å². The molecule has 0 fully saturated rings. The van der Waals surface area contributed by atoms with E-state index in [1.54, 1.807) is 22.6 Å². The van der Waals surface area contributed by atoms with E-state index >= 15 is 0 Å². The summed E-state index contributed by atoms with van der Waals surface area (Å²) < 4.78 is 1.79. The number of hydrogen-bond donors (Lipinski definition) is 0. The minimum absolute atomic E-state index is 0.0762. The van der Waals surface area contributed by atoms with Crippen LogP contribution in [0, 0.1) is 18.3 Å². The highest BCUT2D eigenvalue weighted by molar-refractivity contribution is 6.09. The van der Waals surface area contributed by atoms with Crippen LogP contribution in [0.2, 0.25) is 0 Å². The van der Waals surface area contributed by atoms with Gasteiger partial charge in [-0.15, -0.1) is 0 Å². The molecule has 2 aromatic heterocycles. The summed E-state index contributed by atoms with van der Waals surface area (Å²) in [4.78, 5) is 12.6. The van der Waals surface area contributed by atoms with Crippen LogP contribution < -0.4 is 0 Å². The normalized spacial score (nSPS) is 10.4. The molecular formula is C17H12N2O. The van der Waals surface area contributed by atoms with E-state index in [2.05, 4.69) is 6.07 Å². The third kappa shape index (κ3) is 1.88. The fraction of sp³-hybridized carbons (Fsp3) is 0.0588. The van der Waals surface area contributed by atoms with Crippen LogP contribution in [0.15, 0.2) is 54.7 Å². The van der Waals surface area contributed by atoms with Crippen molar-refractivity contribution in [2.75, 3.05) is 0 Å². The van der Waals surface area contributed by atoms with Crippen molar-refractivity contribution in [1.29, 1.82) is 5.26 Å². The Morgan fingerprint density at radius 1 is 1.15 bits per heavy atom. The quantitative estimate of drug-likeness (QED) is 0.663. The fourth-order valence-corrected chi connectivity index (χ4v) is 2.31. The third-order valence-corrected chi connectivity index (χ3v) is 3.30. The van der Waals surface area contributed by atoms with E-state index in [0.29, 0.717) is 16.8 Å². The number of carbonyl (C=O) groups is 1. The molecule has 0 N–H and O–H groups in total. The van der Waals surface area contributed by atoms with Crippen LogP contribution in [-0.4, -0.2) is 10.2 Å². The zero-order chi connectivity index (χ0) is 14.1. The maximum absolute atomic E-state index is 12.6. The van der Waals surface area contributed by atoms with E-state index in [0.717, 1.165) is 11.1 Å². The summed E-state index contributed by atoms with van der Waals surface area (Å²) in [6.45, 7) is 1.96. The minimum atomic E-state index is -0.0762. The minimum Gasteiger partial charge on any atom is -0.312 e. The molecule has 0 spiro atoms. The Kier molecular flexibility index (Phi) is 2.85. The predicted octanol–water partition coefficient (Wildman–Crippen LogP) is 3.35. The molecule has 0 atom stereocenters. The van der Waals surface area contributed by atoms with Gasteiger partial charge < -0.3 is 4.40 Å². The lowest BCUT2D eigenvalue weighted by Crippen LogP contribution is -2.05. The number of aromatic nitrogens is 1. The van der Waals surface area contributed by atoms with Crippen LogP contribution >= 0.6 is 0 Å². The maximum Gasteiger partial charge on any atom is 0.209 e. The van der Waals surface area contributed by atoms with Crippen molar-refractivity contribution in [2.45, 2.75) is 6.92 Å². The Morgan fingerprint density at radius 3 is 2.60 bits per heavy atom. The van der Waals surface area contributed by atoms with Crippen LogP contribution in [0.3, 0.4) is 0 Å². The van der Waals surface area contributed by atoms with E-state index in [-0.39, 0.29) is 5.78 Å². The average molecular weight is 260 g/mol. The number of aryl methyl sites for hydroxylation is 1. The monoisotopic (exact) mass is 260 g/mol. The van der Waals surface area contributed by atoms with Gasteiger partial charge in [0.25, 0.3) is 0 Å². The molecule has 3 rings (SSSR count). The lowest BCUT2D eigenvalue weighted by Gasteiger charge is -2.03. The second kappa shape index (κ2) is 4.67. The first-order chi connectivity index (χ1) is 9.70. The molecule has 0 aliphatic rings. The Morgan fingerprint density at radius 2 is 1.90 bits per heavy atom. The van der Waals surface area contributed by atoms with Crippen molar-refractivity contribution in [3.63, 3.8) is 0 Å². The zero-order valence-electron chi connectivity index (χ0n) is 11.0. The van der Waals surface area contributed by atoms with Crippen LogP contribution in [0.5, 0.6) is 0 Å². The highest BCUT2D eigenvalue weighted by atomic mass is 16.1. The maximum atomic E-state index is 12.6. The van der Waals surface area contributed by atoms with Crippen molar-refractivity contribution < 1.29 is 4.79 Å². The molecule has 0 saturated heterocycles. The lowest BCUT2D eigenvalue weighted by atomic mass is 10.1. The topological polar surface area (TPSA) is 45.3 Å². The second-order valence-electron chi connectivity index (χ2n) is 4.71. The molecular weight excluding hydrogens is 248 g/mol. The van der Waals surface area contributed by atoms with Gasteiger partial charge in [0.1, 0.15) is 6.07 Å². The number of hydrogen-bond acceptors (Lipinski definition) is 2. The number of pyridine rings is 1. The SMILES string of the molecule is Cc1ccc2c(C#N)cc(C(=O)c3ccccc3)n2c1. The number of fused-ring (bicyclic) bond motifs is 1. The molecule has 0 amide bonds. The molecule has 3 nitrogen and oxygen atoms in total. The van der Waals surface area contributed by atoms with Crippen LogP contribution in [0.4, 0.5) is 0 Å². The summed E-state index contributed by atoms with van der Waals surface area (Å²) in [5.41, 5.74) is 3.46. The summed E-state index contributed by atoms with van der Waals surface area (Å²) in [5, 5.41) is 9.20. The molecule has 1 aromatic carbocycles. The largest absolute Gasteiger partial charge is 0.312 e. The molecule has 0 aliphatic heterocycles. The first-order valence-electron chi connectivity index (χ1n) is 6.32. The fourth-order valence-electron chi connectivity index (χ4n) is 2.31. The van der Waals surface area contributed by atoms with E-state index in [1.165, 1.54) is 0 Å². The van der Waals surface area contributed by atoms with Crippen molar-refractivity contribution in [2.24, 2.45) is 0 Å². The average Bonchev–Trinajstić information content (AvgIpc) is 2.85. The van der Waals surface area contributed by atoms with E-state index in [4.69, 9.17) is 0 Å². The predicted molar refractivity (Wildman–Crippen MR) is 76.7 cm³/mol. The van der Waals surface area contributed by atoms with Gasteiger partial charge in [-0.05, 0) is 24.6 Å². The highest BCUT2D eigenvalue weighted by Gasteiger charge is 2.16. The molecule has 2 heterocycles. The summed E-state index contributed by atoms with van der Waals surface area (Å²) in [6, 6.07) is 16.7. The van der Waals surface area contributed by atoms with Gasteiger partial charge in [0.05, 0.1) is 16.8 Å².